The summed E-state index contributed by atoms with van der Waals surface area (Å²) in [6.45, 7) is 9.20. The Balaban J connectivity index is 1.88. The number of anilines is 1. The summed E-state index contributed by atoms with van der Waals surface area (Å²) in [4.78, 5) is 31.1. The van der Waals surface area contributed by atoms with Crippen LogP contribution >= 0.6 is 11.6 Å². The number of halogens is 1. The highest BCUT2D eigenvalue weighted by atomic mass is 35.5. The number of aromatic amines is 1. The van der Waals surface area contributed by atoms with Crippen molar-refractivity contribution in [1.82, 2.24) is 24.8 Å². The van der Waals surface area contributed by atoms with Crippen LogP contribution in [0.4, 0.5) is 5.82 Å². The van der Waals surface area contributed by atoms with E-state index >= 15 is 0 Å². The molecule has 0 radical (unpaired) electrons. The van der Waals surface area contributed by atoms with Crippen LogP contribution in [0.25, 0.3) is 22.4 Å². The molecule has 7 nitrogen and oxygen atoms in total. The number of nitrogens with one attached hydrogen (secondary N) is 2. The Morgan fingerprint density at radius 3 is 2.82 bits per heavy atom. The van der Waals surface area contributed by atoms with Crippen LogP contribution in [0.5, 0.6) is 0 Å². The standard InChI is InChI=1S/C20H25ClN6O/c1-5-9-27(6-2)19(28)20(3,4)26-16-7-8-22-18(25-16)15-12-24-17-14(15)10-13(21)11-23-17/h7-8,10-12H,5-6,9H2,1-4H3,(H,23,24)(H,22,25,26). The van der Waals surface area contributed by atoms with E-state index in [1.54, 1.807) is 18.5 Å². The summed E-state index contributed by atoms with van der Waals surface area (Å²) in [6, 6.07) is 3.59. The summed E-state index contributed by atoms with van der Waals surface area (Å²) >= 11 is 6.09. The first kappa shape index (κ1) is 20.1. The zero-order valence-corrected chi connectivity index (χ0v) is 17.3. The molecule has 2 N–H and O–H groups in total. The van der Waals surface area contributed by atoms with Gasteiger partial charge in [0.1, 0.15) is 17.0 Å². The van der Waals surface area contributed by atoms with E-state index in [1.165, 1.54) is 0 Å². The fourth-order valence-corrected chi connectivity index (χ4v) is 3.32. The maximum absolute atomic E-state index is 12.9. The summed E-state index contributed by atoms with van der Waals surface area (Å²) in [5.74, 6) is 1.16. The minimum atomic E-state index is -0.790. The Labute approximate surface area is 169 Å². The summed E-state index contributed by atoms with van der Waals surface area (Å²) < 4.78 is 0. The molecule has 3 rings (SSSR count). The molecule has 0 aliphatic carbocycles. The van der Waals surface area contributed by atoms with Gasteiger partial charge in [0.05, 0.1) is 5.02 Å². The Kier molecular flexibility index (Phi) is 5.84. The zero-order chi connectivity index (χ0) is 20.3. The Hall–Kier alpha value is -2.67. The average molecular weight is 401 g/mol. The number of nitrogens with zero attached hydrogens (tertiary/aromatic N) is 4. The lowest BCUT2D eigenvalue weighted by Gasteiger charge is -2.32. The molecule has 1 amide bonds. The van der Waals surface area contributed by atoms with Crippen molar-refractivity contribution in [3.05, 3.63) is 35.7 Å². The molecule has 0 fully saturated rings. The molecule has 28 heavy (non-hydrogen) atoms. The molecular formula is C20H25ClN6O. The van der Waals surface area contributed by atoms with E-state index in [0.29, 0.717) is 23.2 Å². The predicted molar refractivity (Wildman–Crippen MR) is 112 cm³/mol. The molecule has 0 atom stereocenters. The van der Waals surface area contributed by atoms with Gasteiger partial charge in [-0.3, -0.25) is 4.79 Å². The van der Waals surface area contributed by atoms with Crippen LogP contribution in [-0.4, -0.2) is 49.4 Å². The van der Waals surface area contributed by atoms with Gasteiger partial charge in [0.25, 0.3) is 0 Å². The van der Waals surface area contributed by atoms with Gasteiger partial charge in [-0.25, -0.2) is 15.0 Å². The van der Waals surface area contributed by atoms with E-state index in [0.717, 1.165) is 29.6 Å². The topological polar surface area (TPSA) is 86.8 Å². The van der Waals surface area contributed by atoms with Gasteiger partial charge in [-0.1, -0.05) is 18.5 Å². The first-order valence-electron chi connectivity index (χ1n) is 9.39. The molecule has 8 heteroatoms. The third-order valence-corrected chi connectivity index (χ3v) is 4.74. The highest BCUT2D eigenvalue weighted by Crippen LogP contribution is 2.28. The van der Waals surface area contributed by atoms with Crippen LogP contribution in [0.15, 0.2) is 30.7 Å². The maximum atomic E-state index is 12.9. The zero-order valence-electron chi connectivity index (χ0n) is 16.6. The highest BCUT2D eigenvalue weighted by Gasteiger charge is 2.31. The smallest absolute Gasteiger partial charge is 0.247 e. The molecule has 0 spiro atoms. The van der Waals surface area contributed by atoms with Crippen LogP contribution in [0.3, 0.4) is 0 Å². The fraction of sp³-hybridized carbons (Fsp3) is 0.400. The second-order valence-corrected chi connectivity index (χ2v) is 7.59. The first-order valence-corrected chi connectivity index (χ1v) is 9.77. The molecule has 0 aliphatic rings. The molecule has 0 unspecified atom stereocenters. The number of aromatic nitrogens is 4. The monoisotopic (exact) mass is 400 g/mol. The number of likely N-dealkylation sites (N-methyl/N-ethyl adjacent to an activating group) is 1. The molecule has 3 aromatic rings. The summed E-state index contributed by atoms with van der Waals surface area (Å²) in [5.41, 5.74) is 0.732. The Morgan fingerprint density at radius 1 is 1.32 bits per heavy atom. The van der Waals surface area contributed by atoms with Gasteiger partial charge in [0.2, 0.25) is 5.91 Å². The van der Waals surface area contributed by atoms with Crippen molar-refractivity contribution in [2.24, 2.45) is 0 Å². The second kappa shape index (κ2) is 8.14. The minimum Gasteiger partial charge on any atom is -0.356 e. The average Bonchev–Trinajstić information content (AvgIpc) is 3.08. The summed E-state index contributed by atoms with van der Waals surface area (Å²) in [7, 11) is 0. The number of pyridine rings is 1. The van der Waals surface area contributed by atoms with Crippen molar-refractivity contribution in [1.29, 1.82) is 0 Å². The van der Waals surface area contributed by atoms with Crippen molar-refractivity contribution in [3.63, 3.8) is 0 Å². The van der Waals surface area contributed by atoms with Gasteiger partial charge in [-0.05, 0) is 39.3 Å². The summed E-state index contributed by atoms with van der Waals surface area (Å²) in [6.07, 6.45) is 5.99. The molecule has 0 bridgehead atoms. The third kappa shape index (κ3) is 4.09. The van der Waals surface area contributed by atoms with Crippen molar-refractivity contribution >= 4 is 34.4 Å². The van der Waals surface area contributed by atoms with Gasteiger partial charge in [0, 0.05) is 42.6 Å². The quantitative estimate of drug-likeness (QED) is 0.622. The van der Waals surface area contributed by atoms with E-state index in [9.17, 15) is 4.79 Å². The lowest BCUT2D eigenvalue weighted by molar-refractivity contribution is -0.134. The number of carbonyl (C=O) groups excluding carboxylic acids is 1. The van der Waals surface area contributed by atoms with Crippen molar-refractivity contribution < 1.29 is 4.79 Å². The van der Waals surface area contributed by atoms with E-state index < -0.39 is 5.54 Å². The summed E-state index contributed by atoms with van der Waals surface area (Å²) in [5, 5.41) is 4.65. The van der Waals surface area contributed by atoms with Crippen LogP contribution in [-0.2, 0) is 4.79 Å². The van der Waals surface area contributed by atoms with E-state index in [1.807, 2.05) is 37.9 Å². The maximum Gasteiger partial charge on any atom is 0.247 e. The second-order valence-electron chi connectivity index (χ2n) is 7.15. The number of hydrogen-bond acceptors (Lipinski definition) is 5. The fourth-order valence-electron chi connectivity index (χ4n) is 3.16. The van der Waals surface area contributed by atoms with Crippen molar-refractivity contribution in [2.75, 3.05) is 18.4 Å². The predicted octanol–water partition coefficient (Wildman–Crippen LogP) is 4.12. The molecule has 0 aliphatic heterocycles. The van der Waals surface area contributed by atoms with E-state index in [-0.39, 0.29) is 5.91 Å². The van der Waals surface area contributed by atoms with Gasteiger partial charge in [0.15, 0.2) is 5.82 Å². The van der Waals surface area contributed by atoms with Crippen LogP contribution in [0.2, 0.25) is 5.02 Å². The lowest BCUT2D eigenvalue weighted by atomic mass is 10.0. The van der Waals surface area contributed by atoms with Gasteiger partial charge in [-0.15, -0.1) is 0 Å². The van der Waals surface area contributed by atoms with Gasteiger partial charge < -0.3 is 15.2 Å². The Morgan fingerprint density at radius 2 is 2.11 bits per heavy atom. The van der Waals surface area contributed by atoms with Crippen LogP contribution in [0.1, 0.15) is 34.1 Å². The van der Waals surface area contributed by atoms with Crippen molar-refractivity contribution in [2.45, 2.75) is 39.7 Å². The number of amides is 1. The van der Waals surface area contributed by atoms with E-state index in [2.05, 4.69) is 32.2 Å². The minimum absolute atomic E-state index is 0.0417. The van der Waals surface area contributed by atoms with Gasteiger partial charge in [-0.2, -0.15) is 0 Å². The van der Waals surface area contributed by atoms with Crippen molar-refractivity contribution in [3.8, 4) is 11.4 Å². The SMILES string of the molecule is CCCN(CC)C(=O)C(C)(C)Nc1ccnc(-c2c[nH]c3ncc(Cl)cc23)n1. The molecular weight excluding hydrogens is 376 g/mol. The number of H-pyrrole nitrogens is 1. The molecule has 0 saturated carbocycles. The third-order valence-electron chi connectivity index (χ3n) is 4.53. The first-order chi connectivity index (χ1) is 13.4. The molecule has 3 heterocycles. The molecule has 0 aromatic carbocycles. The number of carbonyl (C=O) groups is 1. The molecule has 0 saturated heterocycles. The number of fused-ring (bicyclic) bond motifs is 1. The lowest BCUT2D eigenvalue weighted by Crippen LogP contribution is -2.50. The number of rotatable bonds is 7. The highest BCUT2D eigenvalue weighted by molar-refractivity contribution is 6.31. The van der Waals surface area contributed by atoms with Gasteiger partial charge >= 0.3 is 0 Å². The Bertz CT molecular complexity index is 984. The van der Waals surface area contributed by atoms with Crippen LogP contribution in [0, 0.1) is 0 Å². The van der Waals surface area contributed by atoms with Crippen LogP contribution < -0.4 is 5.32 Å². The number of hydrogen-bond donors (Lipinski definition) is 2. The molecule has 148 valence electrons. The largest absolute Gasteiger partial charge is 0.356 e. The molecule has 3 aromatic heterocycles. The van der Waals surface area contributed by atoms with E-state index in [4.69, 9.17) is 11.6 Å². The normalized spacial score (nSPS) is 11.6.